The van der Waals surface area contributed by atoms with Crippen LogP contribution >= 0.6 is 22.9 Å². The number of amidine groups is 1. The van der Waals surface area contributed by atoms with Gasteiger partial charge in [0.1, 0.15) is 21.5 Å². The Kier molecular flexibility index (Phi) is 5.47. The van der Waals surface area contributed by atoms with Gasteiger partial charge in [-0.3, -0.25) is 0 Å². The number of aryl methyl sites for hydroxylation is 2. The Hall–Kier alpha value is -2.95. The number of rotatable bonds is 4. The summed E-state index contributed by atoms with van der Waals surface area (Å²) in [6, 6.07) is 24.0. The molecule has 0 spiro atoms. The molecule has 0 saturated carbocycles. The summed E-state index contributed by atoms with van der Waals surface area (Å²) >= 11 is 7.56. The van der Waals surface area contributed by atoms with Crippen molar-refractivity contribution in [3.8, 4) is 21.8 Å². The van der Waals surface area contributed by atoms with E-state index in [1.807, 2.05) is 55.5 Å². The molecule has 3 aromatic carbocycles. The van der Waals surface area contributed by atoms with Gasteiger partial charge in [0.15, 0.2) is 0 Å². The van der Waals surface area contributed by atoms with Gasteiger partial charge in [-0.2, -0.15) is 0 Å². The van der Waals surface area contributed by atoms with Gasteiger partial charge < -0.3 is 5.73 Å². The lowest BCUT2D eigenvalue weighted by molar-refractivity contribution is 1.37. The molecule has 0 bridgehead atoms. The maximum atomic E-state index is 6.33. The molecule has 0 atom stereocenters. The van der Waals surface area contributed by atoms with Crippen molar-refractivity contribution in [2.24, 2.45) is 10.7 Å². The molecule has 29 heavy (non-hydrogen) atoms. The van der Waals surface area contributed by atoms with Gasteiger partial charge in [0.05, 0.1) is 0 Å². The standard InChI is InChI=1S/C24H20ClN3S/c1-15-3-7-17(8-4-15)21-24(28-22(26)18-9-5-16(2)6-10-18)29-23(27-21)19-11-13-20(25)14-12-19/h3-14H,1-2H3,(H2,26,28). The fourth-order valence-corrected chi connectivity index (χ4v) is 4.01. The van der Waals surface area contributed by atoms with E-state index in [4.69, 9.17) is 27.3 Å². The van der Waals surface area contributed by atoms with Gasteiger partial charge in [0.25, 0.3) is 0 Å². The number of nitrogens with two attached hydrogens (primary N) is 1. The summed E-state index contributed by atoms with van der Waals surface area (Å²) in [5, 5.41) is 2.37. The van der Waals surface area contributed by atoms with Crippen LogP contribution in [0.4, 0.5) is 5.00 Å². The zero-order valence-corrected chi connectivity index (χ0v) is 17.8. The molecule has 4 rings (SSSR count). The van der Waals surface area contributed by atoms with E-state index >= 15 is 0 Å². The predicted octanol–water partition coefficient (Wildman–Crippen LogP) is 6.78. The Morgan fingerprint density at radius 2 is 1.38 bits per heavy atom. The van der Waals surface area contributed by atoms with E-state index in [0.717, 1.165) is 32.4 Å². The van der Waals surface area contributed by atoms with E-state index in [9.17, 15) is 0 Å². The predicted molar refractivity (Wildman–Crippen MR) is 124 cm³/mol. The van der Waals surface area contributed by atoms with Crippen LogP contribution < -0.4 is 5.73 Å². The molecule has 144 valence electrons. The zero-order valence-electron chi connectivity index (χ0n) is 16.2. The maximum Gasteiger partial charge on any atom is 0.146 e. The van der Waals surface area contributed by atoms with E-state index in [1.54, 1.807) is 0 Å². The highest BCUT2D eigenvalue weighted by molar-refractivity contribution is 7.19. The van der Waals surface area contributed by atoms with Gasteiger partial charge in [-0.05, 0) is 26.0 Å². The average molecular weight is 418 g/mol. The minimum absolute atomic E-state index is 0.477. The molecule has 0 radical (unpaired) electrons. The van der Waals surface area contributed by atoms with Crippen molar-refractivity contribution < 1.29 is 0 Å². The SMILES string of the molecule is Cc1ccc(/C(N)=N/c2sc(-c3ccc(Cl)cc3)nc2-c2ccc(C)cc2)cc1. The largest absolute Gasteiger partial charge is 0.383 e. The lowest BCUT2D eigenvalue weighted by Gasteiger charge is -2.03. The molecule has 1 heterocycles. The molecule has 1 aromatic heterocycles. The Labute approximate surface area is 179 Å². The molecule has 0 aliphatic carbocycles. The van der Waals surface area contributed by atoms with Crippen LogP contribution in [0.2, 0.25) is 5.02 Å². The van der Waals surface area contributed by atoms with Crippen LogP contribution in [0.25, 0.3) is 21.8 Å². The third-order valence-corrected chi connectivity index (χ3v) is 5.85. The Morgan fingerprint density at radius 3 is 2.00 bits per heavy atom. The lowest BCUT2D eigenvalue weighted by atomic mass is 10.1. The van der Waals surface area contributed by atoms with Crippen molar-refractivity contribution in [3.05, 3.63) is 94.5 Å². The quantitative estimate of drug-likeness (QED) is 0.293. The molecule has 0 unspecified atom stereocenters. The van der Waals surface area contributed by atoms with Gasteiger partial charge in [-0.1, -0.05) is 94.7 Å². The van der Waals surface area contributed by atoms with E-state index < -0.39 is 0 Å². The lowest BCUT2D eigenvalue weighted by Crippen LogP contribution is -2.12. The Morgan fingerprint density at radius 1 is 0.828 bits per heavy atom. The highest BCUT2D eigenvalue weighted by atomic mass is 35.5. The number of aromatic nitrogens is 1. The fraction of sp³-hybridized carbons (Fsp3) is 0.0833. The monoisotopic (exact) mass is 417 g/mol. The number of nitrogens with zero attached hydrogens (tertiary/aromatic N) is 2. The number of hydrogen-bond acceptors (Lipinski definition) is 3. The maximum absolute atomic E-state index is 6.33. The summed E-state index contributed by atoms with van der Waals surface area (Å²) in [6.07, 6.45) is 0. The Balaban J connectivity index is 1.82. The van der Waals surface area contributed by atoms with Gasteiger partial charge >= 0.3 is 0 Å². The van der Waals surface area contributed by atoms with Crippen molar-refractivity contribution in [1.29, 1.82) is 0 Å². The van der Waals surface area contributed by atoms with Crippen molar-refractivity contribution in [3.63, 3.8) is 0 Å². The molecule has 0 fully saturated rings. The van der Waals surface area contributed by atoms with Crippen molar-refractivity contribution in [2.45, 2.75) is 13.8 Å². The van der Waals surface area contributed by atoms with Crippen molar-refractivity contribution in [2.75, 3.05) is 0 Å². The fourth-order valence-electron chi connectivity index (χ4n) is 2.90. The number of hydrogen-bond donors (Lipinski definition) is 1. The van der Waals surface area contributed by atoms with E-state index in [-0.39, 0.29) is 0 Å². The molecule has 0 aliphatic rings. The second kappa shape index (κ2) is 8.19. The summed E-state index contributed by atoms with van der Waals surface area (Å²) in [5.74, 6) is 0.477. The number of halogens is 1. The van der Waals surface area contributed by atoms with Gasteiger partial charge in [0.2, 0.25) is 0 Å². The first-order valence-corrected chi connectivity index (χ1v) is 10.4. The summed E-state index contributed by atoms with van der Waals surface area (Å²) in [6.45, 7) is 4.12. The van der Waals surface area contributed by atoms with Crippen LogP contribution in [0, 0.1) is 13.8 Å². The van der Waals surface area contributed by atoms with Crippen LogP contribution in [0.15, 0.2) is 77.8 Å². The number of aliphatic imine (C=N–C) groups is 1. The molecule has 0 aliphatic heterocycles. The first-order chi connectivity index (χ1) is 14.0. The summed E-state index contributed by atoms with van der Waals surface area (Å²) in [7, 11) is 0. The highest BCUT2D eigenvalue weighted by Crippen LogP contribution is 2.40. The second-order valence-electron chi connectivity index (χ2n) is 6.91. The third kappa shape index (κ3) is 4.39. The first kappa shape index (κ1) is 19.4. The van der Waals surface area contributed by atoms with E-state index in [1.165, 1.54) is 22.5 Å². The zero-order chi connectivity index (χ0) is 20.4. The number of benzene rings is 3. The van der Waals surface area contributed by atoms with Crippen LogP contribution in [-0.4, -0.2) is 10.8 Å². The van der Waals surface area contributed by atoms with Crippen LogP contribution in [0.1, 0.15) is 16.7 Å². The van der Waals surface area contributed by atoms with Crippen LogP contribution in [-0.2, 0) is 0 Å². The summed E-state index contributed by atoms with van der Waals surface area (Å²) in [5.41, 5.74) is 12.5. The first-order valence-electron chi connectivity index (χ1n) is 9.24. The van der Waals surface area contributed by atoms with Gasteiger partial charge in [-0.25, -0.2) is 9.98 Å². The third-order valence-electron chi connectivity index (χ3n) is 4.59. The smallest absolute Gasteiger partial charge is 0.146 e. The van der Waals surface area contributed by atoms with Gasteiger partial charge in [-0.15, -0.1) is 0 Å². The molecule has 3 nitrogen and oxygen atoms in total. The van der Waals surface area contributed by atoms with Crippen LogP contribution in [0.3, 0.4) is 0 Å². The van der Waals surface area contributed by atoms with Crippen molar-refractivity contribution >= 4 is 33.8 Å². The molecule has 5 heteroatoms. The molecule has 0 amide bonds. The van der Waals surface area contributed by atoms with E-state index in [0.29, 0.717) is 10.9 Å². The second-order valence-corrected chi connectivity index (χ2v) is 8.32. The van der Waals surface area contributed by atoms with Crippen LogP contribution in [0.5, 0.6) is 0 Å². The topological polar surface area (TPSA) is 51.3 Å². The molecule has 0 saturated heterocycles. The summed E-state index contributed by atoms with van der Waals surface area (Å²) in [4.78, 5) is 9.63. The number of thiazole rings is 1. The average Bonchev–Trinajstić information content (AvgIpc) is 3.13. The molecular weight excluding hydrogens is 398 g/mol. The molecular formula is C24H20ClN3S. The van der Waals surface area contributed by atoms with Gasteiger partial charge in [0, 0.05) is 21.7 Å². The molecule has 2 N–H and O–H groups in total. The van der Waals surface area contributed by atoms with Crippen molar-refractivity contribution in [1.82, 2.24) is 4.98 Å². The minimum atomic E-state index is 0.477. The van der Waals surface area contributed by atoms with E-state index in [2.05, 4.69) is 31.2 Å². The Bertz CT molecular complexity index is 1160. The summed E-state index contributed by atoms with van der Waals surface area (Å²) < 4.78 is 0. The minimum Gasteiger partial charge on any atom is -0.383 e. The molecule has 4 aromatic rings. The normalized spacial score (nSPS) is 11.6. The highest BCUT2D eigenvalue weighted by Gasteiger charge is 2.15.